The molecule has 0 spiro atoms. The smallest absolute Gasteiger partial charge is 0.337 e. The Morgan fingerprint density at radius 2 is 2.04 bits per heavy atom. The van der Waals surface area contributed by atoms with Gasteiger partial charge in [0, 0.05) is 19.2 Å². The molecule has 0 unspecified atom stereocenters. The topological polar surface area (TPSA) is 58.6 Å². The average molecular weight is 332 g/mol. The zero-order valence-corrected chi connectivity index (χ0v) is 13.3. The lowest BCUT2D eigenvalue weighted by molar-refractivity contribution is 0.0697. The molecule has 23 heavy (non-hydrogen) atoms. The molecular formula is C18H18ClNO3. The average Bonchev–Trinajstić information content (AvgIpc) is 3.02. The van der Waals surface area contributed by atoms with Crippen LogP contribution in [0.15, 0.2) is 48.5 Å². The molecule has 3 rings (SSSR count). The van der Waals surface area contributed by atoms with Crippen LogP contribution in [0.5, 0.6) is 0 Å². The lowest BCUT2D eigenvalue weighted by Crippen LogP contribution is -2.31. The Labute approximate surface area is 140 Å². The Morgan fingerprint density at radius 1 is 1.26 bits per heavy atom. The van der Waals surface area contributed by atoms with E-state index in [1.165, 1.54) is 5.56 Å². The van der Waals surface area contributed by atoms with Gasteiger partial charge in [0.1, 0.15) is 0 Å². The molecule has 0 radical (unpaired) electrons. The van der Waals surface area contributed by atoms with Gasteiger partial charge in [0.25, 0.3) is 0 Å². The number of halogens is 1. The lowest BCUT2D eigenvalue weighted by atomic mass is 10.0. The standard InChI is InChI=1S/C18H18ClNO3/c19-15-10-12(6-7-14(15)18(21)22)11-20-16-8-9-23-17(16)13-4-2-1-3-5-13/h1-7,10,16-17,20H,8-9,11H2,(H,21,22)/t16-,17+/m1/s1. The highest BCUT2D eigenvalue weighted by molar-refractivity contribution is 6.33. The number of rotatable bonds is 5. The molecule has 2 atom stereocenters. The van der Waals surface area contributed by atoms with E-state index in [-0.39, 0.29) is 22.7 Å². The largest absolute Gasteiger partial charge is 0.478 e. The van der Waals surface area contributed by atoms with Gasteiger partial charge in [-0.1, -0.05) is 48.0 Å². The van der Waals surface area contributed by atoms with Crippen molar-refractivity contribution in [3.05, 3.63) is 70.2 Å². The van der Waals surface area contributed by atoms with E-state index < -0.39 is 5.97 Å². The van der Waals surface area contributed by atoms with Crippen LogP contribution in [0, 0.1) is 0 Å². The summed E-state index contributed by atoms with van der Waals surface area (Å²) >= 11 is 6.01. The van der Waals surface area contributed by atoms with Crippen LogP contribution in [-0.2, 0) is 11.3 Å². The van der Waals surface area contributed by atoms with Crippen molar-refractivity contribution in [2.24, 2.45) is 0 Å². The quantitative estimate of drug-likeness (QED) is 0.878. The predicted molar refractivity (Wildman–Crippen MR) is 88.8 cm³/mol. The van der Waals surface area contributed by atoms with Gasteiger partial charge in [-0.25, -0.2) is 4.79 Å². The summed E-state index contributed by atoms with van der Waals surface area (Å²) in [7, 11) is 0. The molecule has 1 fully saturated rings. The van der Waals surface area contributed by atoms with Crippen LogP contribution in [-0.4, -0.2) is 23.7 Å². The molecule has 1 aliphatic rings. The van der Waals surface area contributed by atoms with E-state index in [1.807, 2.05) is 18.2 Å². The van der Waals surface area contributed by atoms with Gasteiger partial charge in [-0.05, 0) is 29.7 Å². The van der Waals surface area contributed by atoms with Crippen molar-refractivity contribution in [3.8, 4) is 0 Å². The number of aromatic carboxylic acids is 1. The molecular weight excluding hydrogens is 314 g/mol. The minimum absolute atomic E-state index is 0.0463. The molecule has 0 bridgehead atoms. The minimum atomic E-state index is -1.01. The Balaban J connectivity index is 1.66. The number of ether oxygens (including phenoxy) is 1. The third kappa shape index (κ3) is 3.72. The SMILES string of the molecule is O=C(O)c1ccc(CN[C@@H]2CCO[C@H]2c2ccccc2)cc1Cl. The number of carboxylic acids is 1. The Bertz CT molecular complexity index is 690. The first-order valence-electron chi connectivity index (χ1n) is 7.57. The first kappa shape index (κ1) is 16.0. The van der Waals surface area contributed by atoms with Gasteiger partial charge in [-0.2, -0.15) is 0 Å². The molecule has 120 valence electrons. The number of nitrogens with one attached hydrogen (secondary N) is 1. The monoisotopic (exact) mass is 331 g/mol. The molecule has 5 heteroatoms. The van der Waals surface area contributed by atoms with Crippen molar-refractivity contribution in [1.82, 2.24) is 5.32 Å². The van der Waals surface area contributed by atoms with Crippen molar-refractivity contribution >= 4 is 17.6 Å². The molecule has 4 nitrogen and oxygen atoms in total. The molecule has 0 aliphatic carbocycles. The molecule has 0 aromatic heterocycles. The van der Waals surface area contributed by atoms with E-state index >= 15 is 0 Å². The Kier molecular flexibility index (Phi) is 4.96. The fourth-order valence-electron chi connectivity index (χ4n) is 2.86. The number of benzene rings is 2. The van der Waals surface area contributed by atoms with E-state index in [4.69, 9.17) is 21.4 Å². The van der Waals surface area contributed by atoms with E-state index in [0.29, 0.717) is 6.54 Å². The first-order valence-corrected chi connectivity index (χ1v) is 7.94. The van der Waals surface area contributed by atoms with Gasteiger partial charge in [0.15, 0.2) is 0 Å². The zero-order chi connectivity index (χ0) is 16.2. The maximum absolute atomic E-state index is 11.0. The molecule has 2 aromatic carbocycles. The first-order chi connectivity index (χ1) is 11.1. The summed E-state index contributed by atoms with van der Waals surface area (Å²) in [5.41, 5.74) is 2.25. The van der Waals surface area contributed by atoms with Crippen LogP contribution in [0.3, 0.4) is 0 Å². The third-order valence-electron chi connectivity index (χ3n) is 4.05. The maximum Gasteiger partial charge on any atom is 0.337 e. The summed E-state index contributed by atoms with van der Waals surface area (Å²) in [5.74, 6) is -1.01. The Hall–Kier alpha value is -1.88. The highest BCUT2D eigenvalue weighted by Crippen LogP contribution is 2.29. The van der Waals surface area contributed by atoms with E-state index in [1.54, 1.807) is 18.2 Å². The van der Waals surface area contributed by atoms with Crippen LogP contribution >= 0.6 is 11.6 Å². The molecule has 2 aromatic rings. The van der Waals surface area contributed by atoms with Gasteiger partial charge in [0.05, 0.1) is 16.7 Å². The van der Waals surface area contributed by atoms with Gasteiger partial charge in [0.2, 0.25) is 0 Å². The summed E-state index contributed by atoms with van der Waals surface area (Å²) in [4.78, 5) is 11.0. The summed E-state index contributed by atoms with van der Waals surface area (Å²) in [6, 6.07) is 15.4. The number of carbonyl (C=O) groups is 1. The second-order valence-electron chi connectivity index (χ2n) is 5.60. The summed E-state index contributed by atoms with van der Waals surface area (Å²) < 4.78 is 5.85. The normalized spacial score (nSPS) is 20.6. The predicted octanol–water partition coefficient (Wildman–Crippen LogP) is 3.66. The summed E-state index contributed by atoms with van der Waals surface area (Å²) in [5, 5.41) is 12.8. The summed E-state index contributed by atoms with van der Waals surface area (Å²) in [6.07, 6.45) is 0.991. The van der Waals surface area contributed by atoms with Crippen LogP contribution in [0.1, 0.15) is 34.0 Å². The van der Waals surface area contributed by atoms with Gasteiger partial charge in [-0.3, -0.25) is 0 Å². The van der Waals surface area contributed by atoms with Crippen LogP contribution in [0.25, 0.3) is 0 Å². The van der Waals surface area contributed by atoms with Crippen LogP contribution in [0.4, 0.5) is 0 Å². The minimum Gasteiger partial charge on any atom is -0.478 e. The molecule has 1 saturated heterocycles. The molecule has 0 saturated carbocycles. The Morgan fingerprint density at radius 3 is 2.74 bits per heavy atom. The van der Waals surface area contributed by atoms with Crippen molar-refractivity contribution in [2.75, 3.05) is 6.61 Å². The lowest BCUT2D eigenvalue weighted by Gasteiger charge is -2.20. The van der Waals surface area contributed by atoms with Crippen molar-refractivity contribution in [1.29, 1.82) is 0 Å². The van der Waals surface area contributed by atoms with Crippen LogP contribution < -0.4 is 5.32 Å². The van der Waals surface area contributed by atoms with Gasteiger partial charge >= 0.3 is 5.97 Å². The third-order valence-corrected chi connectivity index (χ3v) is 4.36. The maximum atomic E-state index is 11.0. The second kappa shape index (κ2) is 7.13. The van der Waals surface area contributed by atoms with E-state index in [0.717, 1.165) is 18.6 Å². The zero-order valence-electron chi connectivity index (χ0n) is 12.5. The highest BCUT2D eigenvalue weighted by atomic mass is 35.5. The molecule has 1 heterocycles. The number of carboxylic acid groups (broad SMARTS) is 1. The molecule has 1 aliphatic heterocycles. The fourth-order valence-corrected chi connectivity index (χ4v) is 3.14. The van der Waals surface area contributed by atoms with Crippen molar-refractivity contribution in [3.63, 3.8) is 0 Å². The van der Waals surface area contributed by atoms with Gasteiger partial charge < -0.3 is 15.2 Å². The van der Waals surface area contributed by atoms with Crippen molar-refractivity contribution in [2.45, 2.75) is 25.1 Å². The second-order valence-corrected chi connectivity index (χ2v) is 6.00. The van der Waals surface area contributed by atoms with Crippen LogP contribution in [0.2, 0.25) is 5.02 Å². The molecule has 0 amide bonds. The number of hydrogen-bond acceptors (Lipinski definition) is 3. The fraction of sp³-hybridized carbons (Fsp3) is 0.278. The summed E-state index contributed by atoms with van der Waals surface area (Å²) in [6.45, 7) is 1.35. The van der Waals surface area contributed by atoms with Gasteiger partial charge in [-0.15, -0.1) is 0 Å². The van der Waals surface area contributed by atoms with E-state index in [9.17, 15) is 4.79 Å². The highest BCUT2D eigenvalue weighted by Gasteiger charge is 2.29. The van der Waals surface area contributed by atoms with Crippen molar-refractivity contribution < 1.29 is 14.6 Å². The molecule has 2 N–H and O–H groups in total. The van der Waals surface area contributed by atoms with E-state index in [2.05, 4.69) is 17.4 Å². The number of hydrogen-bond donors (Lipinski definition) is 2.